The summed E-state index contributed by atoms with van der Waals surface area (Å²) in [5.74, 6) is 0. The van der Waals surface area contributed by atoms with E-state index in [2.05, 4.69) is 17.6 Å². The Morgan fingerprint density at radius 2 is 2.27 bits per heavy atom. The summed E-state index contributed by atoms with van der Waals surface area (Å²) in [7, 11) is 0. The van der Waals surface area contributed by atoms with Crippen LogP contribution in [0.3, 0.4) is 0 Å². The second-order valence-corrected chi connectivity index (χ2v) is 2.90. The van der Waals surface area contributed by atoms with Gasteiger partial charge in [0.05, 0.1) is 5.02 Å². The molecule has 4 heteroatoms. The van der Waals surface area contributed by atoms with Crippen LogP contribution in [0.5, 0.6) is 0 Å². The van der Waals surface area contributed by atoms with Crippen molar-refractivity contribution in [3.8, 4) is 0 Å². The molecule has 0 fully saturated rings. The molecule has 1 aromatic heterocycles. The molecule has 0 saturated carbocycles. The Bertz CT molecular complexity index is 300. The van der Waals surface area contributed by atoms with Gasteiger partial charge in [0, 0.05) is 5.69 Å². The number of aryl methyl sites for hydroxylation is 1. The fourth-order valence-electron chi connectivity index (χ4n) is 0.690. The molecule has 0 aromatic carbocycles. The van der Waals surface area contributed by atoms with Gasteiger partial charge in [0.2, 0.25) is 5.12 Å². The third kappa shape index (κ3) is 1.94. The molecule has 0 atom stereocenters. The van der Waals surface area contributed by atoms with E-state index in [1.54, 1.807) is 19.1 Å². The van der Waals surface area contributed by atoms with Crippen LogP contribution in [0.25, 0.3) is 0 Å². The Balaban J connectivity index is 3.23. The normalized spacial score (nSPS) is 9.73. The van der Waals surface area contributed by atoms with Gasteiger partial charge < -0.3 is 0 Å². The summed E-state index contributed by atoms with van der Waals surface area (Å²) >= 11 is 9.28. The van der Waals surface area contributed by atoms with Crippen molar-refractivity contribution in [2.45, 2.75) is 6.92 Å². The van der Waals surface area contributed by atoms with Gasteiger partial charge in [-0.05, 0) is 19.1 Å². The average Bonchev–Trinajstić information content (AvgIpc) is 1.94. The van der Waals surface area contributed by atoms with Crippen LogP contribution in [0, 0.1) is 6.92 Å². The van der Waals surface area contributed by atoms with Crippen LogP contribution in [0.2, 0.25) is 5.02 Å². The van der Waals surface area contributed by atoms with Gasteiger partial charge in [-0.25, -0.2) is 4.98 Å². The Morgan fingerprint density at radius 1 is 1.64 bits per heavy atom. The van der Waals surface area contributed by atoms with Crippen LogP contribution in [0.1, 0.15) is 16.2 Å². The Kier molecular flexibility index (Phi) is 2.52. The van der Waals surface area contributed by atoms with Gasteiger partial charge >= 0.3 is 0 Å². The molecule has 1 rings (SSSR count). The molecule has 1 aromatic rings. The first-order chi connectivity index (χ1) is 5.11. The van der Waals surface area contributed by atoms with Crippen molar-refractivity contribution in [3.05, 3.63) is 28.5 Å². The van der Waals surface area contributed by atoms with Crippen molar-refractivity contribution in [2.75, 3.05) is 0 Å². The zero-order valence-electron chi connectivity index (χ0n) is 5.84. The average molecular weight is 188 g/mol. The number of rotatable bonds is 1. The Morgan fingerprint density at radius 3 is 2.73 bits per heavy atom. The van der Waals surface area contributed by atoms with Gasteiger partial charge in [0.15, 0.2) is 0 Å². The Hall–Kier alpha value is -0.540. The van der Waals surface area contributed by atoms with Crippen molar-refractivity contribution in [3.63, 3.8) is 0 Å². The summed E-state index contributed by atoms with van der Waals surface area (Å²) in [4.78, 5) is 14.7. The van der Waals surface area contributed by atoms with Crippen LogP contribution >= 0.6 is 24.2 Å². The molecule has 0 N–H and O–H groups in total. The third-order valence-corrected chi connectivity index (χ3v) is 1.70. The highest BCUT2D eigenvalue weighted by Crippen LogP contribution is 2.15. The largest absolute Gasteiger partial charge is 0.280 e. The Labute approximate surface area is 75.0 Å². The van der Waals surface area contributed by atoms with Crippen molar-refractivity contribution in [1.29, 1.82) is 0 Å². The van der Waals surface area contributed by atoms with E-state index in [9.17, 15) is 4.79 Å². The number of carbonyl (C=O) groups is 1. The lowest BCUT2D eigenvalue weighted by atomic mass is 10.3. The number of halogens is 1. The number of thiol groups is 1. The second kappa shape index (κ2) is 3.24. The highest BCUT2D eigenvalue weighted by Gasteiger charge is 2.06. The molecule has 0 amide bonds. The lowest BCUT2D eigenvalue weighted by Gasteiger charge is -1.97. The number of hydrogen-bond acceptors (Lipinski definition) is 2. The summed E-state index contributed by atoms with van der Waals surface area (Å²) < 4.78 is 0. The quantitative estimate of drug-likeness (QED) is 0.683. The van der Waals surface area contributed by atoms with Gasteiger partial charge in [0.25, 0.3) is 0 Å². The van der Waals surface area contributed by atoms with Crippen molar-refractivity contribution >= 4 is 29.3 Å². The minimum Gasteiger partial charge on any atom is -0.280 e. The van der Waals surface area contributed by atoms with E-state index in [1.165, 1.54) is 0 Å². The van der Waals surface area contributed by atoms with E-state index < -0.39 is 5.12 Å². The van der Waals surface area contributed by atoms with Gasteiger partial charge in [-0.15, -0.1) is 0 Å². The minimum atomic E-state index is -0.404. The van der Waals surface area contributed by atoms with Gasteiger partial charge in [-0.1, -0.05) is 24.2 Å². The van der Waals surface area contributed by atoms with E-state index in [0.29, 0.717) is 5.02 Å². The number of carbonyl (C=O) groups excluding carboxylic acids is 1. The number of hydrogen-bond donors (Lipinski definition) is 1. The smallest absolute Gasteiger partial charge is 0.236 e. The zero-order chi connectivity index (χ0) is 8.43. The molecular weight excluding hydrogens is 182 g/mol. The molecule has 0 saturated heterocycles. The molecule has 0 aliphatic heterocycles. The molecule has 11 heavy (non-hydrogen) atoms. The predicted molar refractivity (Wildman–Crippen MR) is 47.3 cm³/mol. The first kappa shape index (κ1) is 8.56. The van der Waals surface area contributed by atoms with E-state index in [-0.39, 0.29) is 5.69 Å². The summed E-state index contributed by atoms with van der Waals surface area (Å²) in [6.07, 6.45) is 0. The van der Waals surface area contributed by atoms with Crippen LogP contribution in [-0.4, -0.2) is 10.1 Å². The zero-order valence-corrected chi connectivity index (χ0v) is 7.49. The molecule has 0 spiro atoms. The fourth-order valence-corrected chi connectivity index (χ4v) is 1.12. The number of aromatic nitrogens is 1. The summed E-state index contributed by atoms with van der Waals surface area (Å²) in [6.45, 7) is 1.79. The summed E-state index contributed by atoms with van der Waals surface area (Å²) in [5.41, 5.74) is 0.974. The lowest BCUT2D eigenvalue weighted by Crippen LogP contribution is -1.96. The standard InChI is InChI=1S/C7H6ClNOS/c1-4-2-3-5(8)6(9-4)7(10)11/h2-3H,1H3,(H,10,11). The van der Waals surface area contributed by atoms with Gasteiger partial charge in [-0.3, -0.25) is 4.79 Å². The van der Waals surface area contributed by atoms with Gasteiger partial charge in [0.1, 0.15) is 5.69 Å². The van der Waals surface area contributed by atoms with Gasteiger partial charge in [-0.2, -0.15) is 0 Å². The first-order valence-electron chi connectivity index (χ1n) is 2.97. The van der Waals surface area contributed by atoms with E-state index >= 15 is 0 Å². The van der Waals surface area contributed by atoms with Crippen LogP contribution in [0.4, 0.5) is 0 Å². The van der Waals surface area contributed by atoms with E-state index in [4.69, 9.17) is 11.6 Å². The van der Waals surface area contributed by atoms with Crippen molar-refractivity contribution in [1.82, 2.24) is 4.98 Å². The highest BCUT2D eigenvalue weighted by atomic mass is 35.5. The summed E-state index contributed by atoms with van der Waals surface area (Å²) in [6, 6.07) is 3.37. The fraction of sp³-hybridized carbons (Fsp3) is 0.143. The number of pyridine rings is 1. The predicted octanol–water partition coefficient (Wildman–Crippen LogP) is 2.11. The maximum atomic E-state index is 10.7. The minimum absolute atomic E-state index is 0.218. The molecule has 1 heterocycles. The first-order valence-corrected chi connectivity index (χ1v) is 3.80. The number of nitrogens with zero attached hydrogens (tertiary/aromatic N) is 1. The van der Waals surface area contributed by atoms with Crippen LogP contribution in [-0.2, 0) is 0 Å². The molecule has 0 aliphatic carbocycles. The van der Waals surface area contributed by atoms with E-state index in [1.807, 2.05) is 0 Å². The monoisotopic (exact) mass is 187 g/mol. The van der Waals surface area contributed by atoms with Crippen molar-refractivity contribution < 1.29 is 4.79 Å². The second-order valence-electron chi connectivity index (χ2n) is 2.09. The molecule has 2 nitrogen and oxygen atoms in total. The molecule has 0 radical (unpaired) electrons. The van der Waals surface area contributed by atoms with Crippen molar-refractivity contribution in [2.24, 2.45) is 0 Å². The molecular formula is C7H6ClNOS. The van der Waals surface area contributed by atoms with E-state index in [0.717, 1.165) is 5.69 Å². The molecule has 0 bridgehead atoms. The summed E-state index contributed by atoms with van der Waals surface area (Å²) in [5, 5.41) is -0.0608. The SMILES string of the molecule is Cc1ccc(Cl)c(C(=O)S)n1. The molecule has 58 valence electrons. The maximum absolute atomic E-state index is 10.7. The topological polar surface area (TPSA) is 30.0 Å². The van der Waals surface area contributed by atoms with Crippen LogP contribution < -0.4 is 0 Å². The third-order valence-electron chi connectivity index (χ3n) is 1.19. The maximum Gasteiger partial charge on any atom is 0.236 e. The molecule has 0 aliphatic rings. The van der Waals surface area contributed by atoms with Crippen LogP contribution in [0.15, 0.2) is 12.1 Å². The highest BCUT2D eigenvalue weighted by molar-refractivity contribution is 7.97. The lowest BCUT2D eigenvalue weighted by molar-refractivity contribution is 0.108. The molecule has 0 unspecified atom stereocenters.